The summed E-state index contributed by atoms with van der Waals surface area (Å²) < 4.78 is 11.6. The lowest BCUT2D eigenvalue weighted by Crippen LogP contribution is -2.54. The number of amides is 4. The number of fused-ring (bicyclic) bond motifs is 1. The third kappa shape index (κ3) is 10.1. The molecule has 0 bridgehead atoms. The van der Waals surface area contributed by atoms with Crippen molar-refractivity contribution in [3.05, 3.63) is 101 Å². The monoisotopic (exact) mass is 671 g/mol. The van der Waals surface area contributed by atoms with Gasteiger partial charge in [0.1, 0.15) is 24.4 Å². The fraction of sp³-hybridized carbons (Fsp3) is 0.405. The first-order valence-corrected chi connectivity index (χ1v) is 16.7. The van der Waals surface area contributed by atoms with Gasteiger partial charge in [0.2, 0.25) is 17.7 Å². The first-order valence-electron chi connectivity index (χ1n) is 16.7. The molecule has 4 N–H and O–H groups in total. The Labute approximate surface area is 286 Å². The predicted molar refractivity (Wildman–Crippen MR) is 183 cm³/mol. The van der Waals surface area contributed by atoms with Crippen LogP contribution in [-0.2, 0) is 38.6 Å². The van der Waals surface area contributed by atoms with Crippen molar-refractivity contribution < 1.29 is 33.8 Å². The average Bonchev–Trinajstić information content (AvgIpc) is 3.13. The van der Waals surface area contributed by atoms with Gasteiger partial charge in [0.25, 0.3) is 5.91 Å². The van der Waals surface area contributed by atoms with Crippen LogP contribution in [-0.4, -0.2) is 103 Å². The Morgan fingerprint density at radius 3 is 2.41 bits per heavy atom. The molecule has 0 aromatic heterocycles. The maximum atomic E-state index is 13.7. The molecule has 260 valence electrons. The van der Waals surface area contributed by atoms with Crippen LogP contribution in [0.5, 0.6) is 5.75 Å². The van der Waals surface area contributed by atoms with Gasteiger partial charge in [-0.3, -0.25) is 24.1 Å². The van der Waals surface area contributed by atoms with Gasteiger partial charge in [-0.25, -0.2) is 0 Å². The van der Waals surface area contributed by atoms with Crippen LogP contribution in [0.1, 0.15) is 39.9 Å². The van der Waals surface area contributed by atoms with Crippen molar-refractivity contribution in [1.29, 1.82) is 0 Å². The van der Waals surface area contributed by atoms with Crippen molar-refractivity contribution in [3.8, 4) is 5.75 Å². The maximum Gasteiger partial charge on any atom is 0.255 e. The molecule has 12 heteroatoms. The second-order valence-corrected chi connectivity index (χ2v) is 12.4. The van der Waals surface area contributed by atoms with E-state index in [-0.39, 0.29) is 37.3 Å². The summed E-state index contributed by atoms with van der Waals surface area (Å²) in [6, 6.07) is 21.5. The second kappa shape index (κ2) is 17.6. The van der Waals surface area contributed by atoms with Crippen LogP contribution in [0.3, 0.4) is 0 Å². The van der Waals surface area contributed by atoms with E-state index in [0.29, 0.717) is 19.6 Å². The third-order valence-corrected chi connectivity index (χ3v) is 8.84. The topological polar surface area (TPSA) is 150 Å². The maximum absolute atomic E-state index is 13.7. The molecule has 0 spiro atoms. The van der Waals surface area contributed by atoms with E-state index in [9.17, 15) is 24.3 Å². The lowest BCUT2D eigenvalue weighted by molar-refractivity contribution is -0.138. The molecule has 3 aromatic rings. The molecular weight excluding hydrogens is 626 g/mol. The number of para-hydroxylation sites is 1. The van der Waals surface area contributed by atoms with Gasteiger partial charge >= 0.3 is 0 Å². The van der Waals surface area contributed by atoms with Crippen LogP contribution in [0.25, 0.3) is 0 Å². The minimum absolute atomic E-state index is 0.0298. The predicted octanol–water partition coefficient (Wildman–Crippen LogP) is 1.65. The van der Waals surface area contributed by atoms with Gasteiger partial charge in [-0.2, -0.15) is 0 Å². The summed E-state index contributed by atoms with van der Waals surface area (Å²) >= 11 is 0. The first-order chi connectivity index (χ1) is 23.8. The van der Waals surface area contributed by atoms with E-state index in [0.717, 1.165) is 36.3 Å². The number of likely N-dealkylation sites (N-methyl/N-ethyl adjacent to an activating group) is 1. The summed E-state index contributed by atoms with van der Waals surface area (Å²) in [4.78, 5) is 57.6. The van der Waals surface area contributed by atoms with E-state index in [4.69, 9.17) is 9.47 Å². The molecule has 12 nitrogen and oxygen atoms in total. The van der Waals surface area contributed by atoms with E-state index in [1.165, 1.54) is 4.90 Å². The smallest absolute Gasteiger partial charge is 0.255 e. The third-order valence-electron chi connectivity index (χ3n) is 8.84. The molecule has 0 saturated carbocycles. The van der Waals surface area contributed by atoms with Gasteiger partial charge in [-0.1, -0.05) is 66.7 Å². The molecule has 0 aliphatic carbocycles. The summed E-state index contributed by atoms with van der Waals surface area (Å²) in [5.41, 5.74) is 3.20. The van der Waals surface area contributed by atoms with Crippen molar-refractivity contribution in [2.24, 2.45) is 0 Å². The molecule has 4 amide bonds. The van der Waals surface area contributed by atoms with Crippen molar-refractivity contribution in [1.82, 2.24) is 25.8 Å². The summed E-state index contributed by atoms with van der Waals surface area (Å²) in [6.45, 7) is 3.57. The van der Waals surface area contributed by atoms with E-state index in [1.54, 1.807) is 31.3 Å². The van der Waals surface area contributed by atoms with Gasteiger partial charge in [0, 0.05) is 39.6 Å². The summed E-state index contributed by atoms with van der Waals surface area (Å²) in [6.07, 6.45) is 0.219. The van der Waals surface area contributed by atoms with Crippen LogP contribution < -0.4 is 20.7 Å². The molecule has 3 atom stereocenters. The molecule has 0 unspecified atom stereocenters. The zero-order valence-corrected chi connectivity index (χ0v) is 27.8. The zero-order chi connectivity index (χ0) is 34.6. The quantitative estimate of drug-likeness (QED) is 0.283. The SMILES string of the molecule is CN1C(=O)[C@H](CO)NC(=O)CC[C@@H](C(=O)NCc2cccc(CN3CCOCC3)c2)NC(=O)c2ccccc2OC[C@H]1Cc1ccccc1. The Morgan fingerprint density at radius 1 is 0.918 bits per heavy atom. The summed E-state index contributed by atoms with van der Waals surface area (Å²) in [5.74, 6) is -1.72. The van der Waals surface area contributed by atoms with Crippen molar-refractivity contribution in [2.45, 2.75) is 50.5 Å². The van der Waals surface area contributed by atoms with Crippen molar-refractivity contribution >= 4 is 23.6 Å². The molecule has 0 radical (unpaired) electrons. The minimum Gasteiger partial charge on any atom is -0.491 e. The molecule has 2 aliphatic rings. The highest BCUT2D eigenvalue weighted by atomic mass is 16.5. The van der Waals surface area contributed by atoms with Gasteiger partial charge in [0.15, 0.2) is 0 Å². The number of aliphatic hydroxyl groups excluding tert-OH is 1. The van der Waals surface area contributed by atoms with Crippen molar-refractivity contribution in [3.63, 3.8) is 0 Å². The number of nitrogens with one attached hydrogen (secondary N) is 3. The number of carbonyl (C=O) groups is 4. The highest BCUT2D eigenvalue weighted by Crippen LogP contribution is 2.21. The standard InChI is InChI=1S/C37H45N5O7/c1-41-29(21-26-8-3-2-4-9-26)25-49-33-13-6-5-12-30(33)35(45)40-31(14-15-34(44)39-32(24-43)37(41)47)36(46)38-22-27-10-7-11-28(20-27)23-42-16-18-48-19-17-42/h2-13,20,29,31-32,43H,14-19,21-25H2,1H3,(H,38,46)(H,39,44)(H,40,45)/t29-,31+,32+/m1/s1. The Kier molecular flexibility index (Phi) is 12.7. The second-order valence-electron chi connectivity index (χ2n) is 12.4. The van der Waals surface area contributed by atoms with Crippen LogP contribution >= 0.6 is 0 Å². The van der Waals surface area contributed by atoms with Crippen LogP contribution in [0.4, 0.5) is 0 Å². The summed E-state index contributed by atoms with van der Waals surface area (Å²) in [7, 11) is 1.60. The Morgan fingerprint density at radius 2 is 1.63 bits per heavy atom. The average molecular weight is 672 g/mol. The Hall–Kier alpha value is -4.78. The lowest BCUT2D eigenvalue weighted by atomic mass is 10.0. The van der Waals surface area contributed by atoms with E-state index in [1.807, 2.05) is 54.6 Å². The number of hydrogen-bond acceptors (Lipinski definition) is 8. The van der Waals surface area contributed by atoms with Crippen LogP contribution in [0.15, 0.2) is 78.9 Å². The Balaban J connectivity index is 1.33. The number of benzene rings is 3. The van der Waals surface area contributed by atoms with Gasteiger partial charge in [-0.05, 0) is 41.7 Å². The van der Waals surface area contributed by atoms with Gasteiger partial charge < -0.3 is 35.4 Å². The number of carbonyl (C=O) groups excluding carboxylic acids is 4. The molecule has 1 fully saturated rings. The molecule has 5 rings (SSSR count). The number of hydrogen-bond donors (Lipinski definition) is 4. The molecule has 2 heterocycles. The summed E-state index contributed by atoms with van der Waals surface area (Å²) in [5, 5.41) is 18.4. The normalized spacial score (nSPS) is 21.3. The zero-order valence-electron chi connectivity index (χ0n) is 27.8. The number of morpholine rings is 1. The van der Waals surface area contributed by atoms with Crippen LogP contribution in [0.2, 0.25) is 0 Å². The van der Waals surface area contributed by atoms with E-state index in [2.05, 4.69) is 20.9 Å². The molecule has 49 heavy (non-hydrogen) atoms. The molecule has 1 saturated heterocycles. The molecule has 3 aromatic carbocycles. The molecular formula is C37H45N5O7. The fourth-order valence-electron chi connectivity index (χ4n) is 5.99. The minimum atomic E-state index is -1.19. The number of nitrogens with zero attached hydrogens (tertiary/aromatic N) is 2. The van der Waals surface area contributed by atoms with E-state index < -0.39 is 48.4 Å². The van der Waals surface area contributed by atoms with Gasteiger partial charge in [0.05, 0.1) is 31.4 Å². The highest BCUT2D eigenvalue weighted by Gasteiger charge is 2.31. The largest absolute Gasteiger partial charge is 0.491 e. The van der Waals surface area contributed by atoms with Gasteiger partial charge in [-0.15, -0.1) is 0 Å². The Bertz CT molecular complexity index is 1580. The van der Waals surface area contributed by atoms with E-state index >= 15 is 0 Å². The van der Waals surface area contributed by atoms with Crippen molar-refractivity contribution in [2.75, 3.05) is 46.6 Å². The fourth-order valence-corrected chi connectivity index (χ4v) is 5.99. The highest BCUT2D eigenvalue weighted by molar-refractivity contribution is 5.99. The first kappa shape index (κ1) is 35.5. The molecule has 2 aliphatic heterocycles. The lowest BCUT2D eigenvalue weighted by Gasteiger charge is -2.31. The number of rotatable bonds is 8. The number of aliphatic hydroxyl groups is 1. The number of ether oxygens (including phenoxy) is 2. The van der Waals surface area contributed by atoms with Crippen LogP contribution in [0, 0.1) is 0 Å².